The third-order valence-electron chi connectivity index (χ3n) is 2.94. The number of benzene rings is 1. The fraction of sp³-hybridized carbons (Fsp3) is 0.200. The summed E-state index contributed by atoms with van der Waals surface area (Å²) >= 11 is 6.76. The van der Waals surface area contributed by atoms with Crippen molar-refractivity contribution in [2.75, 3.05) is 18.2 Å². The van der Waals surface area contributed by atoms with E-state index in [2.05, 4.69) is 20.0 Å². The van der Waals surface area contributed by atoms with Crippen LogP contribution in [-0.4, -0.2) is 34.7 Å². The van der Waals surface area contributed by atoms with Crippen molar-refractivity contribution < 1.29 is 14.3 Å². The fourth-order valence-electron chi connectivity index (χ4n) is 1.87. The first-order valence-electron chi connectivity index (χ1n) is 6.78. The van der Waals surface area contributed by atoms with Crippen molar-refractivity contribution in [3.8, 4) is 0 Å². The van der Waals surface area contributed by atoms with Crippen LogP contribution >= 0.6 is 23.4 Å². The molecule has 0 radical (unpaired) electrons. The Morgan fingerprint density at radius 3 is 2.62 bits per heavy atom. The molecule has 0 saturated carbocycles. The second-order valence-electron chi connectivity index (χ2n) is 4.68. The number of thioether (sulfide) groups is 1. The van der Waals surface area contributed by atoms with Crippen LogP contribution in [0.1, 0.15) is 16.1 Å². The van der Waals surface area contributed by atoms with Crippen LogP contribution in [0.5, 0.6) is 0 Å². The molecule has 0 fully saturated rings. The smallest absolute Gasteiger partial charge is 0.346 e. The van der Waals surface area contributed by atoms with Gasteiger partial charge in [-0.05, 0) is 31.2 Å². The van der Waals surface area contributed by atoms with Crippen molar-refractivity contribution in [3.05, 3.63) is 51.0 Å². The van der Waals surface area contributed by atoms with Crippen molar-refractivity contribution in [2.45, 2.75) is 11.9 Å². The second-order valence-corrected chi connectivity index (χ2v) is 6.08. The Kier molecular flexibility index (Phi) is 5.99. The molecule has 0 bridgehead atoms. The third kappa shape index (κ3) is 4.59. The number of methoxy groups -OCH3 is 1. The Hall–Kier alpha value is -2.32. The molecule has 0 unspecified atom stereocenters. The maximum absolute atomic E-state index is 12.0. The average Bonchev–Trinajstić information content (AvgIpc) is 2.54. The zero-order valence-electron chi connectivity index (χ0n) is 12.9. The van der Waals surface area contributed by atoms with Gasteiger partial charge in [0.15, 0.2) is 0 Å². The summed E-state index contributed by atoms with van der Waals surface area (Å²) in [7, 11) is 1.23. The average molecular weight is 368 g/mol. The molecule has 1 aromatic heterocycles. The molecule has 24 heavy (non-hydrogen) atoms. The molecule has 1 amide bonds. The van der Waals surface area contributed by atoms with Crippen molar-refractivity contribution in [1.29, 1.82) is 0 Å². The highest BCUT2D eigenvalue weighted by molar-refractivity contribution is 8.00. The quantitative estimate of drug-likeness (QED) is 0.477. The fourth-order valence-corrected chi connectivity index (χ4v) is 2.86. The summed E-state index contributed by atoms with van der Waals surface area (Å²) in [6.07, 6.45) is 0. The summed E-state index contributed by atoms with van der Waals surface area (Å²) in [5.74, 6) is -0.961. The van der Waals surface area contributed by atoms with E-state index in [0.717, 1.165) is 11.8 Å². The minimum atomic E-state index is -0.628. The molecule has 9 heteroatoms. The van der Waals surface area contributed by atoms with E-state index < -0.39 is 11.7 Å². The molecule has 1 aromatic carbocycles. The Morgan fingerprint density at radius 1 is 1.33 bits per heavy atom. The molecule has 0 aliphatic heterocycles. The standard InChI is InChI=1S/C15H14ClN3O4S/c1-8-12(14(21)23-2)13(19-15(22)17-8)24-7-11(20)18-10-5-3-9(16)4-6-10/h3-6H,7H2,1-2H3,(H,18,20)(H,17,19,22). The van der Waals surface area contributed by atoms with Gasteiger partial charge >= 0.3 is 11.7 Å². The minimum absolute atomic E-state index is 0.0253. The lowest BCUT2D eigenvalue weighted by atomic mass is 10.2. The van der Waals surface area contributed by atoms with Gasteiger partial charge in [-0.2, -0.15) is 4.98 Å². The van der Waals surface area contributed by atoms with Gasteiger partial charge in [-0.25, -0.2) is 9.59 Å². The first kappa shape index (κ1) is 18.0. The van der Waals surface area contributed by atoms with E-state index in [1.165, 1.54) is 7.11 Å². The lowest BCUT2D eigenvalue weighted by Gasteiger charge is -2.09. The molecule has 0 aliphatic rings. The van der Waals surface area contributed by atoms with Crippen molar-refractivity contribution in [3.63, 3.8) is 0 Å². The first-order valence-corrected chi connectivity index (χ1v) is 8.14. The van der Waals surface area contributed by atoms with E-state index in [9.17, 15) is 14.4 Å². The Labute approximate surface area is 146 Å². The number of nitrogens with one attached hydrogen (secondary N) is 2. The number of halogens is 1. The molecular weight excluding hydrogens is 354 g/mol. The summed E-state index contributed by atoms with van der Waals surface area (Å²) in [5.41, 5.74) is 0.470. The normalized spacial score (nSPS) is 10.3. The monoisotopic (exact) mass is 367 g/mol. The number of carbonyl (C=O) groups excluding carboxylic acids is 2. The van der Waals surface area contributed by atoms with Crippen LogP contribution in [0.2, 0.25) is 5.02 Å². The van der Waals surface area contributed by atoms with Gasteiger partial charge in [0.05, 0.1) is 12.9 Å². The number of aromatic nitrogens is 2. The number of esters is 1. The predicted molar refractivity (Wildman–Crippen MR) is 91.7 cm³/mol. The lowest BCUT2D eigenvalue weighted by molar-refractivity contribution is -0.113. The molecule has 7 nitrogen and oxygen atoms in total. The number of nitrogens with zero attached hydrogens (tertiary/aromatic N) is 1. The number of carbonyl (C=O) groups is 2. The van der Waals surface area contributed by atoms with E-state index in [0.29, 0.717) is 16.4 Å². The van der Waals surface area contributed by atoms with E-state index >= 15 is 0 Å². The summed E-state index contributed by atoms with van der Waals surface area (Å²) in [5, 5.41) is 3.39. The molecule has 2 N–H and O–H groups in total. The molecule has 2 rings (SSSR count). The number of H-pyrrole nitrogens is 1. The summed E-state index contributed by atoms with van der Waals surface area (Å²) in [4.78, 5) is 41.5. The Bertz CT molecular complexity index is 820. The van der Waals surface area contributed by atoms with Crippen LogP contribution in [-0.2, 0) is 9.53 Å². The van der Waals surface area contributed by atoms with Gasteiger partial charge in [0.1, 0.15) is 10.6 Å². The molecular formula is C15H14ClN3O4S. The largest absolute Gasteiger partial charge is 0.465 e. The minimum Gasteiger partial charge on any atom is -0.465 e. The lowest BCUT2D eigenvalue weighted by Crippen LogP contribution is -2.20. The van der Waals surface area contributed by atoms with Crippen LogP contribution in [0.4, 0.5) is 5.69 Å². The van der Waals surface area contributed by atoms with E-state index in [-0.39, 0.29) is 22.2 Å². The molecule has 0 atom stereocenters. The molecule has 2 aromatic rings. The molecule has 1 heterocycles. The zero-order chi connectivity index (χ0) is 17.7. The molecule has 0 aliphatic carbocycles. The van der Waals surface area contributed by atoms with Crippen molar-refractivity contribution in [2.24, 2.45) is 0 Å². The third-order valence-corrected chi connectivity index (χ3v) is 4.17. The van der Waals surface area contributed by atoms with Gasteiger partial charge in [-0.15, -0.1) is 0 Å². The maximum Gasteiger partial charge on any atom is 0.346 e. The van der Waals surface area contributed by atoms with Crippen molar-refractivity contribution >= 4 is 40.9 Å². The van der Waals surface area contributed by atoms with Gasteiger partial charge < -0.3 is 15.0 Å². The van der Waals surface area contributed by atoms with Crippen LogP contribution in [0.3, 0.4) is 0 Å². The number of hydrogen-bond donors (Lipinski definition) is 2. The highest BCUT2D eigenvalue weighted by Gasteiger charge is 2.19. The number of aryl methyl sites for hydroxylation is 1. The number of aromatic amines is 1. The van der Waals surface area contributed by atoms with Crippen LogP contribution in [0.25, 0.3) is 0 Å². The van der Waals surface area contributed by atoms with Gasteiger partial charge in [-0.3, -0.25) is 4.79 Å². The number of ether oxygens (including phenoxy) is 1. The number of hydrogen-bond acceptors (Lipinski definition) is 6. The number of rotatable bonds is 5. The molecule has 0 spiro atoms. The Balaban J connectivity index is 2.11. The van der Waals surface area contributed by atoms with Crippen LogP contribution < -0.4 is 11.0 Å². The summed E-state index contributed by atoms with van der Waals surface area (Å²) in [6, 6.07) is 6.64. The van der Waals surface area contributed by atoms with Crippen molar-refractivity contribution in [1.82, 2.24) is 9.97 Å². The van der Waals surface area contributed by atoms with Gasteiger partial charge in [0.25, 0.3) is 0 Å². The predicted octanol–water partition coefficient (Wildman–Crippen LogP) is 2.25. The van der Waals surface area contributed by atoms with Crippen LogP contribution in [0.15, 0.2) is 34.1 Å². The van der Waals surface area contributed by atoms with E-state index in [1.54, 1.807) is 31.2 Å². The number of amides is 1. The summed E-state index contributed by atoms with van der Waals surface area (Å²) in [6.45, 7) is 1.56. The van der Waals surface area contributed by atoms with Gasteiger partial charge in [-0.1, -0.05) is 23.4 Å². The molecule has 126 valence electrons. The highest BCUT2D eigenvalue weighted by Crippen LogP contribution is 2.22. The Morgan fingerprint density at radius 2 is 2.00 bits per heavy atom. The van der Waals surface area contributed by atoms with E-state index in [1.807, 2.05) is 0 Å². The second kappa shape index (κ2) is 7.98. The van der Waals surface area contributed by atoms with Gasteiger partial charge in [0.2, 0.25) is 5.91 Å². The topological polar surface area (TPSA) is 101 Å². The van der Waals surface area contributed by atoms with E-state index in [4.69, 9.17) is 11.6 Å². The van der Waals surface area contributed by atoms with Crippen LogP contribution in [0, 0.1) is 6.92 Å². The SMILES string of the molecule is COC(=O)c1c(SCC(=O)Nc2ccc(Cl)cc2)nc(=O)[nH]c1C. The number of anilines is 1. The first-order chi connectivity index (χ1) is 11.4. The summed E-state index contributed by atoms with van der Waals surface area (Å²) < 4.78 is 4.68. The highest BCUT2D eigenvalue weighted by atomic mass is 35.5. The molecule has 0 saturated heterocycles. The zero-order valence-corrected chi connectivity index (χ0v) is 14.5. The maximum atomic E-state index is 12.0. The van der Waals surface area contributed by atoms with Gasteiger partial charge in [0, 0.05) is 16.4 Å².